The lowest BCUT2D eigenvalue weighted by molar-refractivity contribution is 0.330. The molecule has 1 fully saturated rings. The van der Waals surface area contributed by atoms with E-state index in [0.29, 0.717) is 11.4 Å². The van der Waals surface area contributed by atoms with E-state index in [4.69, 9.17) is 10.00 Å². The fourth-order valence-electron chi connectivity index (χ4n) is 2.84. The van der Waals surface area contributed by atoms with Gasteiger partial charge in [-0.15, -0.1) is 0 Å². The van der Waals surface area contributed by atoms with Crippen LogP contribution in [-0.2, 0) is 6.54 Å². The highest BCUT2D eigenvalue weighted by atomic mass is 16.5. The number of likely N-dealkylation sites (tertiary alicyclic amines) is 1. The molecule has 3 rings (SSSR count). The smallest absolute Gasteiger partial charge is 0.237 e. The maximum absolute atomic E-state index is 9.12. The number of hydrogen-bond acceptors (Lipinski definition) is 4. The van der Waals surface area contributed by atoms with E-state index in [0.717, 1.165) is 17.9 Å². The van der Waals surface area contributed by atoms with E-state index in [1.807, 2.05) is 12.1 Å². The highest BCUT2D eigenvalue weighted by Gasteiger charge is 2.13. The lowest BCUT2D eigenvalue weighted by atomic mass is 10.1. The normalized spacial score (nSPS) is 14.7. The van der Waals surface area contributed by atoms with Gasteiger partial charge < -0.3 is 4.74 Å². The Morgan fingerprint density at radius 1 is 1.27 bits per heavy atom. The number of rotatable bonds is 4. The third kappa shape index (κ3) is 3.44. The zero-order valence-corrected chi connectivity index (χ0v) is 12.7. The van der Waals surface area contributed by atoms with Gasteiger partial charge in [0.25, 0.3) is 0 Å². The molecule has 112 valence electrons. The van der Waals surface area contributed by atoms with Crippen LogP contribution >= 0.6 is 0 Å². The van der Waals surface area contributed by atoms with E-state index in [9.17, 15) is 0 Å². The van der Waals surface area contributed by atoms with E-state index in [1.165, 1.54) is 31.5 Å². The van der Waals surface area contributed by atoms with Crippen LogP contribution in [0.1, 0.15) is 29.5 Å². The lowest BCUT2D eigenvalue weighted by Gasteiger charge is -2.16. The monoisotopic (exact) mass is 293 g/mol. The van der Waals surface area contributed by atoms with Gasteiger partial charge in [-0.1, -0.05) is 6.07 Å². The summed E-state index contributed by atoms with van der Waals surface area (Å²) in [7, 11) is 0. The SMILES string of the molecule is Cc1cc(CN2CCCC2)cc(Oc2ncccc2C#N)c1. The van der Waals surface area contributed by atoms with E-state index < -0.39 is 0 Å². The Morgan fingerprint density at radius 3 is 2.86 bits per heavy atom. The van der Waals surface area contributed by atoms with Crippen molar-refractivity contribution < 1.29 is 4.74 Å². The molecule has 4 nitrogen and oxygen atoms in total. The zero-order chi connectivity index (χ0) is 15.4. The summed E-state index contributed by atoms with van der Waals surface area (Å²) in [4.78, 5) is 6.61. The maximum Gasteiger partial charge on any atom is 0.237 e. The number of benzene rings is 1. The molecule has 22 heavy (non-hydrogen) atoms. The van der Waals surface area contributed by atoms with E-state index in [-0.39, 0.29) is 0 Å². The predicted octanol–water partition coefficient (Wildman–Crippen LogP) is 3.65. The first kappa shape index (κ1) is 14.6. The molecule has 1 aromatic heterocycles. The van der Waals surface area contributed by atoms with Crippen LogP contribution in [0.2, 0.25) is 0 Å². The molecule has 2 heterocycles. The highest BCUT2D eigenvalue weighted by molar-refractivity contribution is 5.42. The molecule has 0 spiro atoms. The van der Waals surface area contributed by atoms with Gasteiger partial charge in [0.1, 0.15) is 17.4 Å². The second-order valence-corrected chi connectivity index (χ2v) is 5.71. The standard InChI is InChI=1S/C18H19N3O/c1-14-9-15(13-21-7-2-3-8-21)11-17(10-14)22-18-16(12-19)5-4-6-20-18/h4-6,9-11H,2-3,7-8,13H2,1H3. The van der Waals surface area contributed by atoms with Gasteiger partial charge in [0.15, 0.2) is 0 Å². The van der Waals surface area contributed by atoms with Crippen molar-refractivity contribution in [1.29, 1.82) is 5.26 Å². The fraction of sp³-hybridized carbons (Fsp3) is 0.333. The summed E-state index contributed by atoms with van der Waals surface area (Å²) < 4.78 is 5.83. The van der Waals surface area contributed by atoms with Gasteiger partial charge in [-0.25, -0.2) is 4.98 Å². The summed E-state index contributed by atoms with van der Waals surface area (Å²) in [5, 5.41) is 9.12. The first-order valence-corrected chi connectivity index (χ1v) is 7.60. The number of hydrogen-bond donors (Lipinski definition) is 0. The van der Waals surface area contributed by atoms with Crippen LogP contribution in [0.3, 0.4) is 0 Å². The Bertz CT molecular complexity index is 700. The van der Waals surface area contributed by atoms with Gasteiger partial charge in [-0.3, -0.25) is 4.90 Å². The van der Waals surface area contributed by atoms with Crippen LogP contribution in [-0.4, -0.2) is 23.0 Å². The molecule has 4 heteroatoms. The molecule has 0 atom stereocenters. The highest BCUT2D eigenvalue weighted by Crippen LogP contribution is 2.25. The van der Waals surface area contributed by atoms with Crippen molar-refractivity contribution in [3.05, 3.63) is 53.2 Å². The molecule has 1 aromatic carbocycles. The van der Waals surface area contributed by atoms with Crippen molar-refractivity contribution in [3.8, 4) is 17.7 Å². The zero-order valence-electron chi connectivity index (χ0n) is 12.7. The third-order valence-corrected chi connectivity index (χ3v) is 3.82. The second-order valence-electron chi connectivity index (χ2n) is 5.71. The van der Waals surface area contributed by atoms with Crippen molar-refractivity contribution >= 4 is 0 Å². The Hall–Kier alpha value is -2.38. The first-order valence-electron chi connectivity index (χ1n) is 7.60. The number of pyridine rings is 1. The number of nitrogens with zero attached hydrogens (tertiary/aromatic N) is 3. The van der Waals surface area contributed by atoms with Gasteiger partial charge >= 0.3 is 0 Å². The van der Waals surface area contributed by atoms with E-state index in [1.54, 1.807) is 18.3 Å². The molecule has 0 unspecified atom stereocenters. The van der Waals surface area contributed by atoms with Gasteiger partial charge in [0.05, 0.1) is 0 Å². The lowest BCUT2D eigenvalue weighted by Crippen LogP contribution is -2.18. The Labute approximate surface area is 131 Å². The molecule has 0 radical (unpaired) electrons. The van der Waals surface area contributed by atoms with Crippen molar-refractivity contribution in [3.63, 3.8) is 0 Å². The number of nitriles is 1. The van der Waals surface area contributed by atoms with E-state index >= 15 is 0 Å². The van der Waals surface area contributed by atoms with Gasteiger partial charge in [0.2, 0.25) is 5.88 Å². The van der Waals surface area contributed by atoms with Crippen LogP contribution in [0.25, 0.3) is 0 Å². The minimum atomic E-state index is 0.364. The molecular formula is C18H19N3O. The summed E-state index contributed by atoms with van der Waals surface area (Å²) in [6.45, 7) is 5.35. The fourth-order valence-corrected chi connectivity index (χ4v) is 2.84. The number of ether oxygens (including phenoxy) is 1. The van der Waals surface area contributed by atoms with Crippen LogP contribution in [0.5, 0.6) is 11.6 Å². The van der Waals surface area contributed by atoms with Gasteiger partial charge in [-0.05, 0) is 68.2 Å². The van der Waals surface area contributed by atoms with Crippen LogP contribution in [0.4, 0.5) is 0 Å². The van der Waals surface area contributed by atoms with Crippen molar-refractivity contribution in [2.75, 3.05) is 13.1 Å². The third-order valence-electron chi connectivity index (χ3n) is 3.82. The van der Waals surface area contributed by atoms with Crippen molar-refractivity contribution in [2.24, 2.45) is 0 Å². The summed E-state index contributed by atoms with van der Waals surface area (Å²) in [6, 6.07) is 11.8. The summed E-state index contributed by atoms with van der Waals surface area (Å²) in [5.41, 5.74) is 2.84. The van der Waals surface area contributed by atoms with Crippen LogP contribution in [0.15, 0.2) is 36.5 Å². The molecule has 1 saturated heterocycles. The second kappa shape index (κ2) is 6.59. The molecule has 0 N–H and O–H groups in total. The predicted molar refractivity (Wildman–Crippen MR) is 84.7 cm³/mol. The molecule has 1 aliphatic heterocycles. The summed E-state index contributed by atoms with van der Waals surface area (Å²) in [6.07, 6.45) is 4.21. The average Bonchev–Trinajstić information content (AvgIpc) is 3.00. The molecule has 0 bridgehead atoms. The quantitative estimate of drug-likeness (QED) is 0.863. The summed E-state index contributed by atoms with van der Waals surface area (Å²) >= 11 is 0. The minimum absolute atomic E-state index is 0.364. The molecule has 2 aromatic rings. The molecular weight excluding hydrogens is 274 g/mol. The molecule has 0 saturated carbocycles. The van der Waals surface area contributed by atoms with Gasteiger partial charge in [0, 0.05) is 12.7 Å². The van der Waals surface area contributed by atoms with Gasteiger partial charge in [-0.2, -0.15) is 5.26 Å². The first-order chi connectivity index (χ1) is 10.7. The van der Waals surface area contributed by atoms with Crippen LogP contribution < -0.4 is 4.74 Å². The van der Waals surface area contributed by atoms with Crippen LogP contribution in [0, 0.1) is 18.3 Å². The summed E-state index contributed by atoms with van der Waals surface area (Å²) in [5.74, 6) is 1.10. The average molecular weight is 293 g/mol. The number of aryl methyl sites for hydroxylation is 1. The van der Waals surface area contributed by atoms with E-state index in [2.05, 4.69) is 28.9 Å². The topological polar surface area (TPSA) is 49.1 Å². The molecule has 1 aliphatic rings. The van der Waals surface area contributed by atoms with Crippen molar-refractivity contribution in [1.82, 2.24) is 9.88 Å². The Kier molecular flexibility index (Phi) is 4.36. The van der Waals surface area contributed by atoms with Crippen molar-refractivity contribution in [2.45, 2.75) is 26.3 Å². The largest absolute Gasteiger partial charge is 0.438 e. The minimum Gasteiger partial charge on any atom is -0.438 e. The molecule has 0 aliphatic carbocycles. The molecule has 0 amide bonds. The maximum atomic E-state index is 9.12. The number of aromatic nitrogens is 1. The Morgan fingerprint density at radius 2 is 2.09 bits per heavy atom. The Balaban J connectivity index is 1.81.